The van der Waals surface area contributed by atoms with Gasteiger partial charge in [-0.3, -0.25) is 14.5 Å². The predicted molar refractivity (Wildman–Crippen MR) is 127 cm³/mol. The lowest BCUT2D eigenvalue weighted by atomic mass is 9.94. The number of β-lactam (4-membered cyclic amide) rings is 1. The molecule has 184 valence electrons. The standard InChI is InChI=1S/C24H26N4O6S/c1-24(2,3)23(31)33-10-9-16(17-11-25-27-26-17)19-20(29)28-18(13-35-21(19)28)22(30)34-12-14-5-7-15(32-4)8-6-14/h5-8,11,13,21H,9-10,12H2,1-4H3,(H,25,26,27)/t21-/m1/s1. The first-order valence-electron chi connectivity index (χ1n) is 11.0. The third-order valence-electron chi connectivity index (χ3n) is 5.48. The van der Waals surface area contributed by atoms with Crippen LogP contribution >= 0.6 is 11.8 Å². The van der Waals surface area contributed by atoms with Crippen molar-refractivity contribution in [3.8, 4) is 5.75 Å². The molecule has 1 aromatic heterocycles. The number of rotatable bonds is 8. The number of aromatic nitrogens is 3. The Bertz CT molecular complexity index is 1180. The van der Waals surface area contributed by atoms with E-state index in [-0.39, 0.29) is 42.6 Å². The molecule has 1 amide bonds. The predicted octanol–water partition coefficient (Wildman–Crippen LogP) is 3.05. The van der Waals surface area contributed by atoms with Gasteiger partial charge in [0.2, 0.25) is 0 Å². The zero-order valence-electron chi connectivity index (χ0n) is 19.9. The number of thioether (sulfide) groups is 1. The molecule has 0 aliphatic carbocycles. The average Bonchev–Trinajstić information content (AvgIpc) is 3.50. The summed E-state index contributed by atoms with van der Waals surface area (Å²) in [6.45, 7) is 5.49. The number of nitrogens with one attached hydrogen (secondary N) is 1. The monoisotopic (exact) mass is 498 g/mol. The van der Waals surface area contributed by atoms with Crippen LogP contribution in [0.5, 0.6) is 5.75 Å². The van der Waals surface area contributed by atoms with E-state index in [2.05, 4.69) is 15.4 Å². The zero-order chi connectivity index (χ0) is 25.2. The molecule has 2 aliphatic heterocycles. The van der Waals surface area contributed by atoms with Gasteiger partial charge in [-0.15, -0.1) is 11.8 Å². The number of hydrogen-bond acceptors (Lipinski definition) is 9. The van der Waals surface area contributed by atoms with Crippen molar-refractivity contribution in [2.75, 3.05) is 13.7 Å². The van der Waals surface area contributed by atoms with Crippen LogP contribution in [-0.4, -0.2) is 57.2 Å². The molecule has 35 heavy (non-hydrogen) atoms. The Morgan fingerprint density at radius 3 is 2.54 bits per heavy atom. The largest absolute Gasteiger partial charge is 0.497 e. The Morgan fingerprint density at radius 2 is 1.91 bits per heavy atom. The number of aromatic amines is 1. The van der Waals surface area contributed by atoms with Gasteiger partial charge in [-0.2, -0.15) is 15.4 Å². The van der Waals surface area contributed by atoms with Gasteiger partial charge in [-0.1, -0.05) is 12.1 Å². The molecule has 0 bridgehead atoms. The number of methoxy groups -OCH3 is 1. The number of esters is 2. The van der Waals surface area contributed by atoms with E-state index < -0.39 is 11.4 Å². The van der Waals surface area contributed by atoms with Gasteiger partial charge in [0.25, 0.3) is 5.91 Å². The second kappa shape index (κ2) is 9.95. The molecule has 4 rings (SSSR count). The fourth-order valence-electron chi connectivity index (χ4n) is 3.53. The Morgan fingerprint density at radius 1 is 1.17 bits per heavy atom. The van der Waals surface area contributed by atoms with Crippen molar-refractivity contribution in [2.24, 2.45) is 5.41 Å². The fraction of sp³-hybridized carbons (Fsp3) is 0.375. The third-order valence-corrected chi connectivity index (χ3v) is 6.55. The van der Waals surface area contributed by atoms with Crippen LogP contribution in [0.15, 0.2) is 47.1 Å². The Kier molecular flexibility index (Phi) is 6.97. The van der Waals surface area contributed by atoms with Crippen molar-refractivity contribution in [1.82, 2.24) is 20.3 Å². The lowest BCUT2D eigenvalue weighted by molar-refractivity contribution is -0.152. The molecule has 0 saturated carbocycles. The molecule has 2 aliphatic rings. The summed E-state index contributed by atoms with van der Waals surface area (Å²) < 4.78 is 15.9. The SMILES string of the molecule is COc1ccc(COC(=O)C2=CS[C@@H]3C(=C(CCOC(=O)C(C)(C)C)c4cn[nH]n4)C(=O)N23)cc1. The first-order valence-corrected chi connectivity index (χ1v) is 11.9. The van der Waals surface area contributed by atoms with E-state index >= 15 is 0 Å². The second-order valence-electron chi connectivity index (χ2n) is 8.97. The van der Waals surface area contributed by atoms with Gasteiger partial charge in [0.1, 0.15) is 29.1 Å². The summed E-state index contributed by atoms with van der Waals surface area (Å²) in [4.78, 5) is 39.4. The van der Waals surface area contributed by atoms with Crippen molar-refractivity contribution in [3.63, 3.8) is 0 Å². The molecule has 0 spiro atoms. The lowest BCUT2D eigenvalue weighted by Crippen LogP contribution is -2.52. The zero-order valence-corrected chi connectivity index (χ0v) is 20.7. The Hall–Kier alpha value is -3.60. The van der Waals surface area contributed by atoms with Gasteiger partial charge >= 0.3 is 11.9 Å². The molecule has 2 aromatic rings. The lowest BCUT2D eigenvalue weighted by Gasteiger charge is -2.39. The molecule has 1 aromatic carbocycles. The highest BCUT2D eigenvalue weighted by molar-refractivity contribution is 8.03. The molecule has 11 heteroatoms. The van der Waals surface area contributed by atoms with Gasteiger partial charge in [0.15, 0.2) is 0 Å². The van der Waals surface area contributed by atoms with E-state index in [1.807, 2.05) is 0 Å². The van der Waals surface area contributed by atoms with Crippen molar-refractivity contribution in [3.05, 3.63) is 58.4 Å². The van der Waals surface area contributed by atoms with Crippen LogP contribution in [0.4, 0.5) is 0 Å². The van der Waals surface area contributed by atoms with E-state index in [1.54, 1.807) is 57.6 Å². The number of fused-ring (bicyclic) bond motifs is 1. The van der Waals surface area contributed by atoms with Crippen LogP contribution in [0.25, 0.3) is 5.57 Å². The number of ether oxygens (including phenoxy) is 3. The first kappa shape index (κ1) is 24.5. The van der Waals surface area contributed by atoms with Crippen LogP contribution in [0.1, 0.15) is 38.4 Å². The van der Waals surface area contributed by atoms with Crippen LogP contribution in [0.2, 0.25) is 0 Å². The molecule has 0 unspecified atom stereocenters. The maximum absolute atomic E-state index is 13.1. The van der Waals surface area contributed by atoms with Crippen molar-refractivity contribution in [2.45, 2.75) is 39.2 Å². The average molecular weight is 499 g/mol. The van der Waals surface area contributed by atoms with Crippen molar-refractivity contribution in [1.29, 1.82) is 0 Å². The Labute approximate surface area is 206 Å². The molecule has 3 heterocycles. The molecule has 1 saturated heterocycles. The number of amides is 1. The molecule has 0 radical (unpaired) electrons. The van der Waals surface area contributed by atoms with Crippen molar-refractivity contribution >= 4 is 35.2 Å². The molecular weight excluding hydrogens is 472 g/mol. The summed E-state index contributed by atoms with van der Waals surface area (Å²) in [5.41, 5.74) is 1.99. The van der Waals surface area contributed by atoms with Crippen LogP contribution in [0, 0.1) is 5.41 Å². The number of hydrogen-bond donors (Lipinski definition) is 1. The smallest absolute Gasteiger partial charge is 0.355 e. The van der Waals surface area contributed by atoms with Gasteiger partial charge in [0.05, 0.1) is 30.9 Å². The molecule has 1 N–H and O–H groups in total. The van der Waals surface area contributed by atoms with Gasteiger partial charge in [-0.25, -0.2) is 4.79 Å². The summed E-state index contributed by atoms with van der Waals surface area (Å²) >= 11 is 1.34. The van der Waals surface area contributed by atoms with Crippen molar-refractivity contribution < 1.29 is 28.6 Å². The van der Waals surface area contributed by atoms with Gasteiger partial charge in [-0.05, 0) is 44.0 Å². The molecule has 10 nitrogen and oxygen atoms in total. The van der Waals surface area contributed by atoms with E-state index in [1.165, 1.54) is 22.9 Å². The fourth-order valence-corrected chi connectivity index (χ4v) is 4.71. The highest BCUT2D eigenvalue weighted by atomic mass is 32.2. The first-order chi connectivity index (χ1) is 16.7. The molecule has 1 atom stereocenters. The van der Waals surface area contributed by atoms with Gasteiger partial charge in [0, 0.05) is 11.8 Å². The summed E-state index contributed by atoms with van der Waals surface area (Å²) in [7, 11) is 1.58. The number of nitrogens with zero attached hydrogens (tertiary/aromatic N) is 3. The maximum atomic E-state index is 13.1. The minimum atomic E-state index is -0.628. The minimum absolute atomic E-state index is 0.0730. The highest BCUT2D eigenvalue weighted by Gasteiger charge is 2.51. The normalized spacial score (nSPS) is 18.4. The summed E-state index contributed by atoms with van der Waals surface area (Å²) in [5, 5.41) is 11.8. The topological polar surface area (TPSA) is 124 Å². The maximum Gasteiger partial charge on any atom is 0.355 e. The highest BCUT2D eigenvalue weighted by Crippen LogP contribution is 2.47. The summed E-state index contributed by atoms with van der Waals surface area (Å²) in [6, 6.07) is 7.17. The van der Waals surface area contributed by atoms with Gasteiger partial charge < -0.3 is 14.2 Å². The number of benzene rings is 1. The van der Waals surface area contributed by atoms with Crippen LogP contribution in [-0.2, 0) is 30.5 Å². The number of carbonyl (C=O) groups excluding carboxylic acids is 3. The quantitative estimate of drug-likeness (QED) is 0.332. The third kappa shape index (κ3) is 5.09. The van der Waals surface area contributed by atoms with E-state index in [9.17, 15) is 14.4 Å². The Balaban J connectivity index is 1.43. The van der Waals surface area contributed by atoms with E-state index in [0.717, 1.165) is 5.56 Å². The summed E-state index contributed by atoms with van der Waals surface area (Å²) in [6.07, 6.45) is 1.80. The van der Waals surface area contributed by atoms with E-state index in [0.29, 0.717) is 22.6 Å². The van der Waals surface area contributed by atoms with E-state index in [4.69, 9.17) is 14.2 Å². The number of H-pyrrole nitrogens is 1. The summed E-state index contributed by atoms with van der Waals surface area (Å²) in [5.74, 6) is -0.514. The molecule has 1 fully saturated rings. The minimum Gasteiger partial charge on any atom is -0.497 e. The van der Waals surface area contributed by atoms with Crippen LogP contribution < -0.4 is 4.74 Å². The second-order valence-corrected chi connectivity index (χ2v) is 9.93. The van der Waals surface area contributed by atoms with Crippen LogP contribution in [0.3, 0.4) is 0 Å². The molecular formula is C24H26N4O6S. The number of carbonyl (C=O) groups is 3.